The zero-order valence-corrected chi connectivity index (χ0v) is 12.6. The zero-order valence-electron chi connectivity index (χ0n) is 12.6. The normalized spacial score (nSPS) is 17.4. The number of nitrogens with zero attached hydrogens (tertiary/aromatic N) is 4. The molecule has 0 atom stereocenters. The van der Waals surface area contributed by atoms with Gasteiger partial charge >= 0.3 is 0 Å². The van der Waals surface area contributed by atoms with Crippen molar-refractivity contribution in [2.24, 2.45) is 0 Å². The molecule has 1 fully saturated rings. The topological polar surface area (TPSA) is 48.1 Å². The van der Waals surface area contributed by atoms with Crippen molar-refractivity contribution in [2.45, 2.75) is 32.0 Å². The van der Waals surface area contributed by atoms with Crippen LogP contribution in [-0.4, -0.2) is 50.9 Å². The Bertz CT molecular complexity index is 517. The lowest BCUT2D eigenvalue weighted by Crippen LogP contribution is -2.43. The number of imidazole rings is 1. The Kier molecular flexibility index (Phi) is 4.62. The van der Waals surface area contributed by atoms with Gasteiger partial charge in [-0.15, -0.1) is 0 Å². The van der Waals surface area contributed by atoms with E-state index in [1.165, 1.54) is 31.5 Å². The van der Waals surface area contributed by atoms with Crippen molar-refractivity contribution in [3.05, 3.63) is 48.3 Å². The van der Waals surface area contributed by atoms with E-state index in [1.54, 1.807) is 0 Å². The number of nitrogens with one attached hydrogen (secondary N) is 1. The van der Waals surface area contributed by atoms with E-state index in [4.69, 9.17) is 0 Å². The van der Waals surface area contributed by atoms with Crippen molar-refractivity contribution >= 4 is 0 Å². The molecule has 1 saturated heterocycles. The highest BCUT2D eigenvalue weighted by atomic mass is 15.2. The van der Waals surface area contributed by atoms with Crippen LogP contribution in [0.5, 0.6) is 0 Å². The third-order valence-electron chi connectivity index (χ3n) is 4.22. The van der Waals surface area contributed by atoms with Crippen molar-refractivity contribution in [1.82, 2.24) is 24.8 Å². The lowest BCUT2D eigenvalue weighted by Gasteiger charge is -2.37. The van der Waals surface area contributed by atoms with Crippen LogP contribution in [0, 0.1) is 0 Å². The number of aromatic nitrogens is 3. The number of hydrogen-bond acceptors (Lipinski definition) is 4. The number of H-pyrrole nitrogens is 1. The van der Waals surface area contributed by atoms with E-state index >= 15 is 0 Å². The van der Waals surface area contributed by atoms with Crippen molar-refractivity contribution < 1.29 is 0 Å². The molecule has 3 rings (SSSR count). The largest absolute Gasteiger partial charge is 0.348 e. The Balaban J connectivity index is 1.71. The van der Waals surface area contributed by atoms with Gasteiger partial charge in [0, 0.05) is 37.4 Å². The molecule has 5 nitrogen and oxygen atoms in total. The fourth-order valence-corrected chi connectivity index (χ4v) is 2.98. The second-order valence-corrected chi connectivity index (χ2v) is 5.84. The first-order chi connectivity index (χ1) is 10.3. The highest BCUT2D eigenvalue weighted by Crippen LogP contribution is 2.19. The minimum Gasteiger partial charge on any atom is -0.348 e. The second kappa shape index (κ2) is 6.83. The van der Waals surface area contributed by atoms with Crippen LogP contribution in [0.25, 0.3) is 0 Å². The Hall–Kier alpha value is -1.72. The molecule has 21 heavy (non-hydrogen) atoms. The van der Waals surface area contributed by atoms with E-state index in [-0.39, 0.29) is 0 Å². The summed E-state index contributed by atoms with van der Waals surface area (Å²) in [5.41, 5.74) is 1.27. The van der Waals surface area contributed by atoms with E-state index in [0.717, 1.165) is 18.9 Å². The molecule has 3 heterocycles. The minimum atomic E-state index is 0.617. The van der Waals surface area contributed by atoms with E-state index in [0.29, 0.717) is 6.04 Å². The number of piperidine rings is 1. The summed E-state index contributed by atoms with van der Waals surface area (Å²) in [6, 6.07) is 4.78. The molecule has 1 aliphatic heterocycles. The predicted octanol–water partition coefficient (Wildman–Crippen LogP) is 1.90. The van der Waals surface area contributed by atoms with Crippen molar-refractivity contribution in [2.75, 3.05) is 20.1 Å². The molecule has 2 aromatic rings. The molecule has 0 unspecified atom stereocenters. The first-order valence-corrected chi connectivity index (χ1v) is 7.61. The summed E-state index contributed by atoms with van der Waals surface area (Å²) in [7, 11) is 2.20. The maximum atomic E-state index is 4.38. The fourth-order valence-electron chi connectivity index (χ4n) is 2.98. The molecular weight excluding hydrogens is 262 g/mol. The zero-order chi connectivity index (χ0) is 14.5. The van der Waals surface area contributed by atoms with Gasteiger partial charge in [0.1, 0.15) is 5.82 Å². The van der Waals surface area contributed by atoms with Crippen LogP contribution in [0.2, 0.25) is 0 Å². The molecule has 112 valence electrons. The summed E-state index contributed by atoms with van der Waals surface area (Å²) in [6.45, 7) is 4.15. The Morgan fingerprint density at radius 2 is 2.14 bits per heavy atom. The quantitative estimate of drug-likeness (QED) is 0.911. The van der Waals surface area contributed by atoms with E-state index in [1.807, 2.05) is 30.9 Å². The van der Waals surface area contributed by atoms with Gasteiger partial charge < -0.3 is 9.88 Å². The van der Waals surface area contributed by atoms with Gasteiger partial charge in [0.2, 0.25) is 0 Å². The van der Waals surface area contributed by atoms with Gasteiger partial charge in [-0.3, -0.25) is 9.88 Å². The number of rotatable bonds is 5. The molecule has 5 heteroatoms. The summed E-state index contributed by atoms with van der Waals surface area (Å²) in [4.78, 5) is 16.8. The molecule has 2 aromatic heterocycles. The number of aromatic amines is 1. The predicted molar refractivity (Wildman–Crippen MR) is 82.6 cm³/mol. The summed E-state index contributed by atoms with van der Waals surface area (Å²) in [5.74, 6) is 1.04. The summed E-state index contributed by atoms with van der Waals surface area (Å²) >= 11 is 0. The van der Waals surface area contributed by atoms with Gasteiger partial charge in [-0.2, -0.15) is 0 Å². The van der Waals surface area contributed by atoms with Crippen molar-refractivity contribution in [3.63, 3.8) is 0 Å². The Morgan fingerprint density at radius 1 is 1.29 bits per heavy atom. The van der Waals surface area contributed by atoms with E-state index in [2.05, 4.69) is 37.9 Å². The smallest absolute Gasteiger partial charge is 0.120 e. The molecule has 1 aliphatic rings. The van der Waals surface area contributed by atoms with Crippen LogP contribution >= 0.6 is 0 Å². The number of pyridine rings is 1. The van der Waals surface area contributed by atoms with Gasteiger partial charge in [-0.1, -0.05) is 6.07 Å². The first kappa shape index (κ1) is 14.2. The molecule has 0 saturated carbocycles. The van der Waals surface area contributed by atoms with Crippen LogP contribution in [-0.2, 0) is 13.1 Å². The molecule has 0 aromatic carbocycles. The molecule has 1 N–H and O–H groups in total. The Labute approximate surface area is 126 Å². The van der Waals surface area contributed by atoms with Gasteiger partial charge in [0.25, 0.3) is 0 Å². The van der Waals surface area contributed by atoms with Crippen LogP contribution in [0.1, 0.15) is 24.2 Å². The van der Waals surface area contributed by atoms with Gasteiger partial charge in [-0.05, 0) is 44.6 Å². The summed E-state index contributed by atoms with van der Waals surface area (Å²) in [5, 5.41) is 0. The lowest BCUT2D eigenvalue weighted by molar-refractivity contribution is 0.106. The van der Waals surface area contributed by atoms with Crippen LogP contribution in [0.3, 0.4) is 0 Å². The number of likely N-dealkylation sites (tertiary alicyclic amines) is 1. The molecule has 0 amide bonds. The van der Waals surface area contributed by atoms with Crippen LogP contribution < -0.4 is 0 Å². The average Bonchev–Trinajstić information content (AvgIpc) is 3.01. The monoisotopic (exact) mass is 285 g/mol. The highest BCUT2D eigenvalue weighted by molar-refractivity contribution is 5.09. The third kappa shape index (κ3) is 3.89. The average molecular weight is 285 g/mol. The Morgan fingerprint density at radius 3 is 2.81 bits per heavy atom. The van der Waals surface area contributed by atoms with Crippen molar-refractivity contribution in [3.8, 4) is 0 Å². The second-order valence-electron chi connectivity index (χ2n) is 5.84. The van der Waals surface area contributed by atoms with E-state index < -0.39 is 0 Å². The molecular formula is C16H23N5. The molecule has 0 spiro atoms. The first-order valence-electron chi connectivity index (χ1n) is 7.61. The molecule has 0 bridgehead atoms. The summed E-state index contributed by atoms with van der Waals surface area (Å²) < 4.78 is 0. The standard InChI is InChI=1S/C16H23N5/c1-20-9-4-15(5-10-20)21(13-16-18-7-8-19-16)12-14-3-2-6-17-11-14/h2-3,6-8,11,15H,4-5,9-10,12-13H2,1H3,(H,18,19). The maximum Gasteiger partial charge on any atom is 0.120 e. The number of hydrogen-bond donors (Lipinski definition) is 1. The highest BCUT2D eigenvalue weighted by Gasteiger charge is 2.24. The molecule has 0 aliphatic carbocycles. The van der Waals surface area contributed by atoms with Gasteiger partial charge in [0.05, 0.1) is 6.54 Å². The SMILES string of the molecule is CN1CCC(N(Cc2cccnc2)Cc2ncc[nH]2)CC1. The van der Waals surface area contributed by atoms with E-state index in [9.17, 15) is 0 Å². The minimum absolute atomic E-state index is 0.617. The fraction of sp³-hybridized carbons (Fsp3) is 0.500. The molecule has 0 radical (unpaired) electrons. The van der Waals surface area contributed by atoms with Crippen molar-refractivity contribution in [1.29, 1.82) is 0 Å². The third-order valence-corrected chi connectivity index (χ3v) is 4.22. The van der Waals surface area contributed by atoms with Crippen LogP contribution in [0.4, 0.5) is 0 Å². The van der Waals surface area contributed by atoms with Crippen LogP contribution in [0.15, 0.2) is 36.9 Å². The lowest BCUT2D eigenvalue weighted by atomic mass is 10.0. The maximum absolute atomic E-state index is 4.38. The summed E-state index contributed by atoms with van der Waals surface area (Å²) in [6.07, 6.45) is 9.95. The van der Waals surface area contributed by atoms with Gasteiger partial charge in [-0.25, -0.2) is 4.98 Å². The van der Waals surface area contributed by atoms with Gasteiger partial charge in [0.15, 0.2) is 0 Å².